The highest BCUT2D eigenvalue weighted by molar-refractivity contribution is 6.50. The minimum absolute atomic E-state index is 0.000447. The number of piperidine rings is 1. The normalized spacial score (nSPS) is 16.8. The van der Waals surface area contributed by atoms with Crippen molar-refractivity contribution in [2.75, 3.05) is 13.1 Å². The first kappa shape index (κ1) is 15.2. The molecule has 3 nitrogen and oxygen atoms in total. The summed E-state index contributed by atoms with van der Waals surface area (Å²) in [6.45, 7) is 3.54. The number of rotatable bonds is 1. The number of amides is 1. The van der Waals surface area contributed by atoms with E-state index in [0.717, 1.165) is 12.8 Å². The van der Waals surface area contributed by atoms with E-state index >= 15 is 0 Å². The van der Waals surface area contributed by atoms with Crippen LogP contribution in [-0.4, -0.2) is 28.9 Å². The molecule has 0 spiro atoms. The predicted octanol–water partition coefficient (Wildman–Crippen LogP) is 4.57. The molecule has 1 aliphatic rings. The van der Waals surface area contributed by atoms with Crippen LogP contribution in [-0.2, 0) is 0 Å². The second-order valence-electron chi connectivity index (χ2n) is 4.67. The summed E-state index contributed by atoms with van der Waals surface area (Å²) in [4.78, 5) is 18.0. The van der Waals surface area contributed by atoms with Crippen LogP contribution in [0, 0.1) is 5.92 Å². The number of pyridine rings is 1. The Bertz CT molecular complexity index is 513. The van der Waals surface area contributed by atoms with Crippen molar-refractivity contribution in [3.05, 3.63) is 25.9 Å². The van der Waals surface area contributed by atoms with E-state index in [-0.39, 0.29) is 31.8 Å². The van der Waals surface area contributed by atoms with E-state index in [1.807, 2.05) is 0 Å². The topological polar surface area (TPSA) is 33.2 Å². The van der Waals surface area contributed by atoms with Gasteiger partial charge in [-0.15, -0.1) is 0 Å². The van der Waals surface area contributed by atoms with Crippen LogP contribution in [0.25, 0.3) is 0 Å². The number of carbonyl (C=O) groups is 1. The van der Waals surface area contributed by atoms with Gasteiger partial charge in [-0.1, -0.05) is 53.3 Å². The molecule has 0 N–H and O–H groups in total. The SMILES string of the molecule is CC1CCN(C(=O)c2c(Cl)nc(Cl)c(Cl)c2Cl)CC1. The van der Waals surface area contributed by atoms with Gasteiger partial charge in [-0.3, -0.25) is 4.79 Å². The molecule has 19 heavy (non-hydrogen) atoms. The Balaban J connectivity index is 2.32. The van der Waals surface area contributed by atoms with Gasteiger partial charge in [0.1, 0.15) is 5.15 Å². The van der Waals surface area contributed by atoms with Gasteiger partial charge in [-0.25, -0.2) is 4.98 Å². The zero-order chi connectivity index (χ0) is 14.2. The van der Waals surface area contributed by atoms with Gasteiger partial charge in [0, 0.05) is 13.1 Å². The molecular formula is C12H12Cl4N2O. The fourth-order valence-electron chi connectivity index (χ4n) is 2.03. The van der Waals surface area contributed by atoms with Gasteiger partial charge in [0.2, 0.25) is 0 Å². The molecule has 1 aliphatic heterocycles. The summed E-state index contributed by atoms with van der Waals surface area (Å²) < 4.78 is 0. The molecule has 0 radical (unpaired) electrons. The fraction of sp³-hybridized carbons (Fsp3) is 0.500. The minimum atomic E-state index is -0.243. The van der Waals surface area contributed by atoms with Crippen LogP contribution < -0.4 is 0 Å². The maximum Gasteiger partial charge on any atom is 0.258 e. The van der Waals surface area contributed by atoms with Crippen LogP contribution in [0.2, 0.25) is 20.4 Å². The van der Waals surface area contributed by atoms with Gasteiger partial charge < -0.3 is 4.90 Å². The van der Waals surface area contributed by atoms with Gasteiger partial charge in [-0.05, 0) is 18.8 Å². The number of hydrogen-bond donors (Lipinski definition) is 0. The van der Waals surface area contributed by atoms with Crippen molar-refractivity contribution in [2.45, 2.75) is 19.8 Å². The average molecular weight is 342 g/mol. The van der Waals surface area contributed by atoms with E-state index in [2.05, 4.69) is 11.9 Å². The van der Waals surface area contributed by atoms with E-state index in [1.54, 1.807) is 4.90 Å². The third-order valence-electron chi connectivity index (χ3n) is 3.28. The van der Waals surface area contributed by atoms with Gasteiger partial charge in [-0.2, -0.15) is 0 Å². The maximum atomic E-state index is 12.4. The monoisotopic (exact) mass is 340 g/mol. The molecule has 0 aliphatic carbocycles. The molecule has 1 saturated heterocycles. The number of halogens is 4. The summed E-state index contributed by atoms with van der Waals surface area (Å²) in [5.74, 6) is 0.384. The Morgan fingerprint density at radius 2 is 1.68 bits per heavy atom. The third kappa shape index (κ3) is 3.10. The lowest BCUT2D eigenvalue weighted by atomic mass is 9.99. The van der Waals surface area contributed by atoms with Crippen molar-refractivity contribution < 1.29 is 4.79 Å². The summed E-state index contributed by atoms with van der Waals surface area (Å²) in [7, 11) is 0. The van der Waals surface area contributed by atoms with E-state index in [0.29, 0.717) is 19.0 Å². The molecule has 0 bridgehead atoms. The van der Waals surface area contributed by atoms with E-state index in [9.17, 15) is 4.79 Å². The lowest BCUT2D eigenvalue weighted by Crippen LogP contribution is -2.38. The number of hydrogen-bond acceptors (Lipinski definition) is 2. The lowest BCUT2D eigenvalue weighted by Gasteiger charge is -2.30. The second kappa shape index (κ2) is 6.04. The van der Waals surface area contributed by atoms with Crippen molar-refractivity contribution in [2.24, 2.45) is 5.92 Å². The summed E-state index contributed by atoms with van der Waals surface area (Å²) in [5, 5.41) is 0.111. The maximum absolute atomic E-state index is 12.4. The van der Waals surface area contributed by atoms with Crippen LogP contribution in [0.15, 0.2) is 0 Å². The second-order valence-corrected chi connectivity index (χ2v) is 6.14. The van der Waals surface area contributed by atoms with Crippen LogP contribution in [0.5, 0.6) is 0 Å². The highest BCUT2D eigenvalue weighted by Crippen LogP contribution is 2.36. The molecule has 1 fully saturated rings. The number of aromatic nitrogens is 1. The molecule has 2 heterocycles. The van der Waals surface area contributed by atoms with Crippen molar-refractivity contribution >= 4 is 52.3 Å². The number of likely N-dealkylation sites (tertiary alicyclic amines) is 1. The highest BCUT2D eigenvalue weighted by atomic mass is 35.5. The molecule has 1 aromatic rings. The molecule has 2 rings (SSSR count). The zero-order valence-electron chi connectivity index (χ0n) is 10.2. The Morgan fingerprint density at radius 3 is 2.26 bits per heavy atom. The molecular weight excluding hydrogens is 330 g/mol. The fourth-order valence-corrected chi connectivity index (χ4v) is 3.01. The molecule has 1 aromatic heterocycles. The zero-order valence-corrected chi connectivity index (χ0v) is 13.2. The molecule has 1 amide bonds. The van der Waals surface area contributed by atoms with Crippen LogP contribution in [0.1, 0.15) is 30.1 Å². The first-order chi connectivity index (χ1) is 8.91. The quantitative estimate of drug-likeness (QED) is 0.701. The minimum Gasteiger partial charge on any atom is -0.338 e. The van der Waals surface area contributed by atoms with E-state index in [4.69, 9.17) is 46.4 Å². The van der Waals surface area contributed by atoms with Crippen LogP contribution >= 0.6 is 46.4 Å². The Hall–Kier alpha value is -0.220. The van der Waals surface area contributed by atoms with Gasteiger partial charge >= 0.3 is 0 Å². The first-order valence-electron chi connectivity index (χ1n) is 5.91. The average Bonchev–Trinajstić information content (AvgIpc) is 2.37. The molecule has 0 saturated carbocycles. The van der Waals surface area contributed by atoms with E-state index < -0.39 is 0 Å². The van der Waals surface area contributed by atoms with Gasteiger partial charge in [0.15, 0.2) is 5.15 Å². The Morgan fingerprint density at radius 1 is 1.11 bits per heavy atom. The highest BCUT2D eigenvalue weighted by Gasteiger charge is 2.27. The molecule has 0 atom stereocenters. The Labute approximate surface area is 131 Å². The van der Waals surface area contributed by atoms with Crippen LogP contribution in [0.4, 0.5) is 0 Å². The summed E-state index contributed by atoms with van der Waals surface area (Å²) >= 11 is 23.7. The van der Waals surface area contributed by atoms with Crippen molar-refractivity contribution in [3.63, 3.8) is 0 Å². The molecule has 104 valence electrons. The predicted molar refractivity (Wildman–Crippen MR) is 78.6 cm³/mol. The van der Waals surface area contributed by atoms with Crippen molar-refractivity contribution in [1.82, 2.24) is 9.88 Å². The standard InChI is InChI=1S/C12H12Cl4N2O/c1-6-2-4-18(5-3-6)12(19)7-8(13)9(14)11(16)17-10(7)15/h6H,2-5H2,1H3. The Kier molecular flexibility index (Phi) is 4.83. The van der Waals surface area contributed by atoms with Crippen LogP contribution in [0.3, 0.4) is 0 Å². The lowest BCUT2D eigenvalue weighted by molar-refractivity contribution is 0.0697. The smallest absolute Gasteiger partial charge is 0.258 e. The first-order valence-corrected chi connectivity index (χ1v) is 7.42. The third-order valence-corrected chi connectivity index (χ3v) is 4.77. The van der Waals surface area contributed by atoms with Crippen molar-refractivity contribution in [1.29, 1.82) is 0 Å². The van der Waals surface area contributed by atoms with E-state index in [1.165, 1.54) is 0 Å². The molecule has 7 heteroatoms. The summed E-state index contributed by atoms with van der Waals surface area (Å²) in [6, 6.07) is 0. The van der Waals surface area contributed by atoms with Gasteiger partial charge in [0.05, 0.1) is 15.6 Å². The summed E-state index contributed by atoms with van der Waals surface area (Å²) in [6.07, 6.45) is 1.94. The number of nitrogens with zero attached hydrogens (tertiary/aromatic N) is 2. The van der Waals surface area contributed by atoms with Crippen molar-refractivity contribution in [3.8, 4) is 0 Å². The largest absolute Gasteiger partial charge is 0.338 e. The number of carbonyl (C=O) groups excluding carboxylic acids is 1. The summed E-state index contributed by atoms with van der Waals surface area (Å²) in [5.41, 5.74) is 0.132. The molecule has 0 aromatic carbocycles. The molecule has 0 unspecified atom stereocenters. The van der Waals surface area contributed by atoms with Gasteiger partial charge in [0.25, 0.3) is 5.91 Å².